The lowest BCUT2D eigenvalue weighted by Gasteiger charge is -2.33. The molecule has 0 unspecified atom stereocenters. The smallest absolute Gasteiger partial charge is 0.0165 e. The zero-order chi connectivity index (χ0) is 23.6. The van der Waals surface area contributed by atoms with Gasteiger partial charge in [0.2, 0.25) is 0 Å². The molecule has 0 aliphatic carbocycles. The summed E-state index contributed by atoms with van der Waals surface area (Å²) in [6, 6.07) is 0. The third-order valence-corrected chi connectivity index (χ3v) is 4.76. The quantitative estimate of drug-likeness (QED) is 0.383. The lowest BCUT2D eigenvalue weighted by molar-refractivity contribution is 0.362. The molecule has 0 heterocycles. The zero-order valence-corrected chi connectivity index (χ0v) is 21.9. The minimum atomic E-state index is 0.181. The standard InChI is InChI=1S/C30H48/c1-27(2,3)25(28(4,5)6)23-21-19-17-15-13-14-16-18-20-22-24-26(29(7,8)9)30(10,11)12/h13-24H,1-12H3/b14-13+,17-15+,18-16+,21-19+,22-20+. The summed E-state index contributed by atoms with van der Waals surface area (Å²) in [5.74, 6) is 0. The van der Waals surface area contributed by atoms with Gasteiger partial charge in [-0.25, -0.2) is 0 Å². The molecule has 0 N–H and O–H groups in total. The van der Waals surface area contributed by atoms with Gasteiger partial charge in [-0.2, -0.15) is 0 Å². The second-order valence-corrected chi connectivity index (χ2v) is 12.1. The van der Waals surface area contributed by atoms with Gasteiger partial charge in [0.15, 0.2) is 0 Å². The van der Waals surface area contributed by atoms with E-state index >= 15 is 0 Å². The molecule has 0 nitrogen and oxygen atoms in total. The van der Waals surface area contributed by atoms with Crippen LogP contribution in [-0.2, 0) is 0 Å². The Hall–Kier alpha value is -1.82. The second kappa shape index (κ2) is 11.5. The Morgan fingerprint density at radius 1 is 0.300 bits per heavy atom. The van der Waals surface area contributed by atoms with Crippen molar-refractivity contribution in [1.82, 2.24) is 0 Å². The van der Waals surface area contributed by atoms with Crippen LogP contribution >= 0.6 is 0 Å². The first-order valence-electron chi connectivity index (χ1n) is 11.2. The fourth-order valence-corrected chi connectivity index (χ4v) is 4.07. The van der Waals surface area contributed by atoms with Crippen molar-refractivity contribution in [2.75, 3.05) is 0 Å². The van der Waals surface area contributed by atoms with Crippen LogP contribution in [0.1, 0.15) is 83.1 Å². The summed E-state index contributed by atoms with van der Waals surface area (Å²) in [6.07, 6.45) is 25.4. The van der Waals surface area contributed by atoms with E-state index in [1.807, 2.05) is 0 Å². The van der Waals surface area contributed by atoms with E-state index < -0.39 is 0 Å². The molecule has 0 bridgehead atoms. The molecule has 0 aromatic carbocycles. The van der Waals surface area contributed by atoms with E-state index in [0.717, 1.165) is 0 Å². The van der Waals surface area contributed by atoms with Gasteiger partial charge in [0.1, 0.15) is 0 Å². The highest BCUT2D eigenvalue weighted by Crippen LogP contribution is 2.39. The van der Waals surface area contributed by atoms with Gasteiger partial charge in [-0.1, -0.05) is 167 Å². The summed E-state index contributed by atoms with van der Waals surface area (Å²) >= 11 is 0. The molecule has 0 heteroatoms. The molecule has 0 saturated carbocycles. The van der Waals surface area contributed by atoms with Gasteiger partial charge in [0.05, 0.1) is 0 Å². The summed E-state index contributed by atoms with van der Waals surface area (Å²) in [4.78, 5) is 0. The molecule has 0 aromatic rings. The van der Waals surface area contributed by atoms with E-state index in [1.54, 1.807) is 0 Å². The van der Waals surface area contributed by atoms with E-state index in [0.29, 0.717) is 0 Å². The Balaban J connectivity index is 4.83. The van der Waals surface area contributed by atoms with Crippen LogP contribution in [0, 0.1) is 21.7 Å². The van der Waals surface area contributed by atoms with E-state index in [-0.39, 0.29) is 21.7 Å². The largest absolute Gasteiger partial charge is 0.0623 e. The van der Waals surface area contributed by atoms with Crippen LogP contribution in [0.3, 0.4) is 0 Å². The minimum absolute atomic E-state index is 0.181. The normalized spacial score (nSPS) is 14.7. The summed E-state index contributed by atoms with van der Waals surface area (Å²) in [5.41, 5.74) is 3.64. The summed E-state index contributed by atoms with van der Waals surface area (Å²) in [7, 11) is 0. The first-order chi connectivity index (χ1) is 13.5. The van der Waals surface area contributed by atoms with Crippen molar-refractivity contribution in [3.63, 3.8) is 0 Å². The monoisotopic (exact) mass is 408 g/mol. The molecule has 0 fully saturated rings. The maximum atomic E-state index is 2.28. The van der Waals surface area contributed by atoms with Crippen molar-refractivity contribution in [3.8, 4) is 0 Å². The van der Waals surface area contributed by atoms with Gasteiger partial charge in [0, 0.05) is 0 Å². The molecule has 0 atom stereocenters. The molecule has 0 radical (unpaired) electrons. The van der Waals surface area contributed by atoms with Gasteiger partial charge in [0.25, 0.3) is 0 Å². The topological polar surface area (TPSA) is 0 Å². The van der Waals surface area contributed by atoms with Crippen molar-refractivity contribution >= 4 is 0 Å². The third kappa shape index (κ3) is 12.0. The molecule has 0 amide bonds. The zero-order valence-electron chi connectivity index (χ0n) is 21.9. The molecule has 0 aliphatic heterocycles. The number of hydrogen-bond acceptors (Lipinski definition) is 0. The van der Waals surface area contributed by atoms with Crippen molar-refractivity contribution in [3.05, 3.63) is 84.1 Å². The van der Waals surface area contributed by atoms with Crippen molar-refractivity contribution in [2.24, 2.45) is 21.7 Å². The summed E-state index contributed by atoms with van der Waals surface area (Å²) < 4.78 is 0. The molecule has 0 saturated heterocycles. The minimum Gasteiger partial charge on any atom is -0.0623 e. The maximum Gasteiger partial charge on any atom is -0.0165 e. The predicted octanol–water partition coefficient (Wildman–Crippen LogP) is 9.80. The van der Waals surface area contributed by atoms with Crippen LogP contribution in [0.2, 0.25) is 0 Å². The van der Waals surface area contributed by atoms with E-state index in [9.17, 15) is 0 Å². The average Bonchev–Trinajstić information content (AvgIpc) is 2.50. The van der Waals surface area contributed by atoms with E-state index in [4.69, 9.17) is 0 Å². The highest BCUT2D eigenvalue weighted by Gasteiger charge is 2.27. The highest BCUT2D eigenvalue weighted by molar-refractivity contribution is 5.27. The summed E-state index contributed by atoms with van der Waals surface area (Å²) in [6.45, 7) is 27.3. The average molecular weight is 409 g/mol. The van der Waals surface area contributed by atoms with Gasteiger partial charge in [-0.05, 0) is 21.7 Å². The number of rotatable bonds is 6. The Kier molecular flexibility index (Phi) is 10.8. The molecule has 168 valence electrons. The van der Waals surface area contributed by atoms with Crippen LogP contribution in [0.4, 0.5) is 0 Å². The Morgan fingerprint density at radius 2 is 0.467 bits per heavy atom. The van der Waals surface area contributed by atoms with Crippen molar-refractivity contribution < 1.29 is 0 Å². The van der Waals surface area contributed by atoms with Gasteiger partial charge < -0.3 is 0 Å². The lowest BCUT2D eigenvalue weighted by atomic mass is 9.72. The first-order valence-corrected chi connectivity index (χ1v) is 11.2. The number of allylic oxidation sites excluding steroid dienone is 14. The molecule has 0 rings (SSSR count). The van der Waals surface area contributed by atoms with Crippen LogP contribution < -0.4 is 0 Å². The predicted molar refractivity (Wildman–Crippen MR) is 140 cm³/mol. The third-order valence-electron chi connectivity index (χ3n) is 4.76. The molecule has 30 heavy (non-hydrogen) atoms. The fraction of sp³-hybridized carbons (Fsp3) is 0.533. The Labute approximate surface area is 188 Å². The SMILES string of the molecule is CC(C)(C)C(=C/C=C/C=C/C=C/C=C/C=C/C=C(C(C)(C)C)C(C)(C)C)C(C)(C)C. The van der Waals surface area contributed by atoms with Crippen molar-refractivity contribution in [1.29, 1.82) is 0 Å². The van der Waals surface area contributed by atoms with E-state index in [2.05, 4.69) is 156 Å². The summed E-state index contributed by atoms with van der Waals surface area (Å²) in [5, 5.41) is 0. The lowest BCUT2D eigenvalue weighted by Crippen LogP contribution is -2.22. The van der Waals surface area contributed by atoms with Crippen LogP contribution in [-0.4, -0.2) is 0 Å². The van der Waals surface area contributed by atoms with E-state index in [1.165, 1.54) is 11.1 Å². The van der Waals surface area contributed by atoms with Crippen LogP contribution in [0.15, 0.2) is 84.1 Å². The molecule has 0 spiro atoms. The molecule has 0 aromatic heterocycles. The fourth-order valence-electron chi connectivity index (χ4n) is 4.07. The van der Waals surface area contributed by atoms with Crippen LogP contribution in [0.5, 0.6) is 0 Å². The Morgan fingerprint density at radius 3 is 0.633 bits per heavy atom. The number of hydrogen-bond donors (Lipinski definition) is 0. The van der Waals surface area contributed by atoms with Gasteiger partial charge in [-0.15, -0.1) is 0 Å². The highest BCUT2D eigenvalue weighted by atomic mass is 14.3. The molecule has 0 aliphatic rings. The molecular formula is C30H48. The van der Waals surface area contributed by atoms with Crippen LogP contribution in [0.25, 0.3) is 0 Å². The van der Waals surface area contributed by atoms with Gasteiger partial charge >= 0.3 is 0 Å². The maximum absolute atomic E-state index is 2.28. The molecular weight excluding hydrogens is 360 g/mol. The first kappa shape index (κ1) is 28.2. The second-order valence-electron chi connectivity index (χ2n) is 12.1. The van der Waals surface area contributed by atoms with Crippen molar-refractivity contribution in [2.45, 2.75) is 83.1 Å². The van der Waals surface area contributed by atoms with Gasteiger partial charge in [-0.3, -0.25) is 0 Å². The Bertz CT molecular complexity index is 617.